The van der Waals surface area contributed by atoms with Crippen LogP contribution in [0.5, 0.6) is 0 Å². The van der Waals surface area contributed by atoms with Crippen molar-refractivity contribution in [3.63, 3.8) is 0 Å². The van der Waals surface area contributed by atoms with E-state index in [1.165, 1.54) is 0 Å². The fourth-order valence-corrected chi connectivity index (χ4v) is 1.49. The van der Waals surface area contributed by atoms with Gasteiger partial charge in [0.1, 0.15) is 12.1 Å². The van der Waals surface area contributed by atoms with E-state index < -0.39 is 0 Å². The summed E-state index contributed by atoms with van der Waals surface area (Å²) in [7, 11) is 0. The third-order valence-corrected chi connectivity index (χ3v) is 2.22. The maximum Gasteiger partial charge on any atom is 0.317 e. The van der Waals surface area contributed by atoms with Crippen molar-refractivity contribution in [2.75, 3.05) is 6.61 Å². The number of carbonyl (C=O) groups is 1. The molecular weight excluding hydrogens is 216 g/mol. The lowest BCUT2D eigenvalue weighted by molar-refractivity contribution is -0.141. The molecule has 0 aromatic carbocycles. The van der Waals surface area contributed by atoms with E-state index in [1.54, 1.807) is 13.1 Å². The number of H-pyrrole nitrogens is 1. The van der Waals surface area contributed by atoms with E-state index in [4.69, 9.17) is 4.74 Å². The van der Waals surface area contributed by atoms with Gasteiger partial charge < -0.3 is 9.72 Å². The summed E-state index contributed by atoms with van der Waals surface area (Å²) in [5.41, 5.74) is 1.66. The van der Waals surface area contributed by atoms with Gasteiger partial charge in [0, 0.05) is 23.3 Å². The van der Waals surface area contributed by atoms with Crippen LogP contribution in [0.1, 0.15) is 18.9 Å². The first kappa shape index (κ1) is 11.2. The summed E-state index contributed by atoms with van der Waals surface area (Å²) in [6, 6.07) is 3.74. The number of esters is 1. The predicted octanol–water partition coefficient (Wildman–Crippen LogP) is 1.87. The Bertz CT molecular complexity index is 590. The first-order valence-electron chi connectivity index (χ1n) is 5.38. The van der Waals surface area contributed by atoms with Crippen LogP contribution in [0, 0.1) is 11.8 Å². The van der Waals surface area contributed by atoms with Crippen molar-refractivity contribution in [1.29, 1.82) is 0 Å². The average molecular weight is 228 g/mol. The number of nitrogens with zero attached hydrogens (tertiary/aromatic N) is 1. The van der Waals surface area contributed by atoms with E-state index in [1.807, 2.05) is 18.3 Å². The zero-order chi connectivity index (χ0) is 12.1. The Hall–Kier alpha value is -2.28. The van der Waals surface area contributed by atoms with E-state index >= 15 is 0 Å². The van der Waals surface area contributed by atoms with Crippen LogP contribution in [0.4, 0.5) is 0 Å². The standard InChI is InChI=1S/C13H12N2O2/c1-2-17-12(16)5-3-4-10-6-8-14-13-11(10)7-9-15-13/h6-9H,2,5H2,1H3,(H,14,15). The van der Waals surface area contributed by atoms with Crippen LogP contribution in [-0.4, -0.2) is 22.5 Å². The summed E-state index contributed by atoms with van der Waals surface area (Å²) in [6.45, 7) is 2.16. The van der Waals surface area contributed by atoms with Gasteiger partial charge in [-0.05, 0) is 19.1 Å². The minimum absolute atomic E-state index is 0.113. The van der Waals surface area contributed by atoms with Crippen molar-refractivity contribution in [3.05, 3.63) is 30.1 Å². The van der Waals surface area contributed by atoms with Gasteiger partial charge in [-0.15, -0.1) is 0 Å². The molecule has 86 valence electrons. The van der Waals surface area contributed by atoms with Gasteiger partial charge >= 0.3 is 5.97 Å². The van der Waals surface area contributed by atoms with Crippen molar-refractivity contribution in [2.24, 2.45) is 0 Å². The second kappa shape index (κ2) is 5.17. The molecule has 0 saturated heterocycles. The Balaban J connectivity index is 2.16. The molecule has 2 rings (SSSR count). The van der Waals surface area contributed by atoms with Crippen molar-refractivity contribution in [3.8, 4) is 11.8 Å². The van der Waals surface area contributed by atoms with Gasteiger partial charge in [-0.1, -0.05) is 11.8 Å². The molecule has 0 aliphatic heterocycles. The third kappa shape index (κ3) is 2.64. The van der Waals surface area contributed by atoms with E-state index in [-0.39, 0.29) is 12.4 Å². The Morgan fingerprint density at radius 3 is 3.24 bits per heavy atom. The molecule has 2 aromatic rings. The highest BCUT2D eigenvalue weighted by Gasteiger charge is 2.00. The number of pyridine rings is 1. The molecule has 2 aromatic heterocycles. The topological polar surface area (TPSA) is 55.0 Å². The molecule has 0 saturated carbocycles. The summed E-state index contributed by atoms with van der Waals surface area (Å²) in [5, 5.41) is 0.962. The maximum absolute atomic E-state index is 11.1. The van der Waals surface area contributed by atoms with Crippen LogP contribution in [0.25, 0.3) is 11.0 Å². The number of rotatable bonds is 2. The molecule has 0 radical (unpaired) electrons. The fourth-order valence-electron chi connectivity index (χ4n) is 1.49. The molecule has 0 unspecified atom stereocenters. The number of ether oxygens (including phenoxy) is 1. The highest BCUT2D eigenvalue weighted by molar-refractivity contribution is 5.82. The minimum Gasteiger partial charge on any atom is -0.465 e. The summed E-state index contributed by atoms with van der Waals surface area (Å²) < 4.78 is 4.79. The van der Waals surface area contributed by atoms with Gasteiger partial charge in [-0.2, -0.15) is 0 Å². The van der Waals surface area contributed by atoms with Crippen LogP contribution in [0.2, 0.25) is 0 Å². The molecule has 0 aliphatic rings. The Morgan fingerprint density at radius 1 is 1.53 bits per heavy atom. The zero-order valence-electron chi connectivity index (χ0n) is 9.49. The molecule has 2 heterocycles. The number of fused-ring (bicyclic) bond motifs is 1. The molecule has 0 fully saturated rings. The van der Waals surface area contributed by atoms with Crippen LogP contribution in [0.15, 0.2) is 24.5 Å². The molecule has 17 heavy (non-hydrogen) atoms. The van der Waals surface area contributed by atoms with E-state index in [2.05, 4.69) is 21.8 Å². The maximum atomic E-state index is 11.1. The second-order valence-electron chi connectivity index (χ2n) is 3.38. The highest BCUT2D eigenvalue weighted by Crippen LogP contribution is 2.13. The Kier molecular flexibility index (Phi) is 3.41. The summed E-state index contributed by atoms with van der Waals surface area (Å²) in [5.74, 6) is 5.46. The third-order valence-electron chi connectivity index (χ3n) is 2.22. The van der Waals surface area contributed by atoms with E-state index in [9.17, 15) is 4.79 Å². The van der Waals surface area contributed by atoms with Gasteiger partial charge in [0.2, 0.25) is 0 Å². The number of carbonyl (C=O) groups excluding carboxylic acids is 1. The second-order valence-corrected chi connectivity index (χ2v) is 3.38. The molecule has 0 spiro atoms. The molecule has 0 atom stereocenters. The van der Waals surface area contributed by atoms with Crippen molar-refractivity contribution < 1.29 is 9.53 Å². The van der Waals surface area contributed by atoms with Gasteiger partial charge in [-0.3, -0.25) is 4.79 Å². The van der Waals surface area contributed by atoms with Gasteiger partial charge in [-0.25, -0.2) is 4.98 Å². The SMILES string of the molecule is CCOC(=O)CC#Cc1ccnc2[nH]ccc12. The summed E-state index contributed by atoms with van der Waals surface area (Å²) >= 11 is 0. The number of hydrogen-bond acceptors (Lipinski definition) is 3. The van der Waals surface area contributed by atoms with Crippen LogP contribution in [-0.2, 0) is 9.53 Å². The molecule has 4 nitrogen and oxygen atoms in total. The van der Waals surface area contributed by atoms with Gasteiger partial charge in [0.25, 0.3) is 0 Å². The molecule has 4 heteroatoms. The summed E-state index contributed by atoms with van der Waals surface area (Å²) in [4.78, 5) is 18.3. The zero-order valence-corrected chi connectivity index (χ0v) is 9.49. The van der Waals surface area contributed by atoms with Gasteiger partial charge in [0.05, 0.1) is 6.61 Å². The minimum atomic E-state index is -0.292. The first-order valence-corrected chi connectivity index (χ1v) is 5.38. The summed E-state index contributed by atoms with van der Waals surface area (Å²) in [6.07, 6.45) is 3.61. The van der Waals surface area contributed by atoms with E-state index in [0.29, 0.717) is 6.61 Å². The lowest BCUT2D eigenvalue weighted by Crippen LogP contribution is -2.01. The lowest BCUT2D eigenvalue weighted by atomic mass is 10.2. The monoisotopic (exact) mass is 228 g/mol. The van der Waals surface area contributed by atoms with Crippen molar-refractivity contribution in [1.82, 2.24) is 9.97 Å². The van der Waals surface area contributed by atoms with Crippen LogP contribution >= 0.6 is 0 Å². The number of hydrogen-bond donors (Lipinski definition) is 1. The largest absolute Gasteiger partial charge is 0.465 e. The molecule has 0 bridgehead atoms. The highest BCUT2D eigenvalue weighted by atomic mass is 16.5. The normalized spacial score (nSPS) is 9.71. The Labute approximate surface area is 99.0 Å². The van der Waals surface area contributed by atoms with Gasteiger partial charge in [0.15, 0.2) is 0 Å². The van der Waals surface area contributed by atoms with Crippen LogP contribution < -0.4 is 0 Å². The average Bonchev–Trinajstić information content (AvgIpc) is 2.78. The van der Waals surface area contributed by atoms with Crippen molar-refractivity contribution in [2.45, 2.75) is 13.3 Å². The predicted molar refractivity (Wildman–Crippen MR) is 64.2 cm³/mol. The van der Waals surface area contributed by atoms with Crippen molar-refractivity contribution >= 4 is 17.0 Å². The quantitative estimate of drug-likeness (QED) is 0.630. The number of aromatic amines is 1. The molecule has 0 aliphatic carbocycles. The Morgan fingerprint density at radius 2 is 2.41 bits per heavy atom. The van der Waals surface area contributed by atoms with E-state index in [0.717, 1.165) is 16.6 Å². The lowest BCUT2D eigenvalue weighted by Gasteiger charge is -1.95. The first-order chi connectivity index (χ1) is 8.31. The number of aromatic nitrogens is 2. The number of nitrogens with one attached hydrogen (secondary N) is 1. The smallest absolute Gasteiger partial charge is 0.317 e. The molecule has 1 N–H and O–H groups in total. The molecule has 0 amide bonds. The fraction of sp³-hybridized carbons (Fsp3) is 0.231. The molecular formula is C13H12N2O2. The van der Waals surface area contributed by atoms with Crippen LogP contribution in [0.3, 0.4) is 0 Å².